The third-order valence-electron chi connectivity index (χ3n) is 5.01. The van der Waals surface area contributed by atoms with Crippen molar-refractivity contribution in [2.24, 2.45) is 0 Å². The molecule has 4 rings (SSSR count). The second kappa shape index (κ2) is 7.50. The molecular weight excluding hydrogens is 406 g/mol. The maximum absolute atomic E-state index is 13.0. The topological polar surface area (TPSA) is 57.6 Å². The first-order valence-electron chi connectivity index (χ1n) is 9.06. The molecule has 0 spiro atoms. The Morgan fingerprint density at radius 2 is 1.79 bits per heavy atom. The van der Waals surface area contributed by atoms with Gasteiger partial charge < -0.3 is 5.11 Å². The van der Waals surface area contributed by atoms with Gasteiger partial charge in [0.05, 0.1) is 5.57 Å². The molecule has 1 N–H and O–H groups in total. The average Bonchev–Trinajstić information content (AvgIpc) is 3.31. The van der Waals surface area contributed by atoms with E-state index in [9.17, 15) is 14.7 Å². The quantitative estimate of drug-likeness (QED) is 0.336. The minimum Gasteiger partial charge on any atom is -0.507 e. The van der Waals surface area contributed by atoms with Crippen LogP contribution >= 0.6 is 22.9 Å². The van der Waals surface area contributed by atoms with Gasteiger partial charge in [0.2, 0.25) is 0 Å². The Labute approximate surface area is 177 Å². The summed E-state index contributed by atoms with van der Waals surface area (Å²) in [6, 6.07) is 15.4. The fraction of sp³-hybridized carbons (Fsp3) is 0.130. The molecule has 1 unspecified atom stereocenters. The Morgan fingerprint density at radius 1 is 1.07 bits per heavy atom. The number of nitrogens with zero attached hydrogens (tertiary/aromatic N) is 1. The monoisotopic (exact) mass is 423 g/mol. The van der Waals surface area contributed by atoms with Crippen LogP contribution in [0.2, 0.25) is 5.02 Å². The molecule has 4 nitrogen and oxygen atoms in total. The number of aliphatic hydroxyl groups is 1. The molecule has 0 bridgehead atoms. The second-order valence-electron chi connectivity index (χ2n) is 6.98. The van der Waals surface area contributed by atoms with Gasteiger partial charge in [-0.1, -0.05) is 35.4 Å². The van der Waals surface area contributed by atoms with E-state index in [1.807, 2.05) is 49.6 Å². The van der Waals surface area contributed by atoms with Crippen LogP contribution in [0.1, 0.15) is 27.6 Å². The Hall–Kier alpha value is -2.89. The molecule has 1 aliphatic heterocycles. The number of aliphatic hydroxyl groups excluding tert-OH is 1. The van der Waals surface area contributed by atoms with Crippen molar-refractivity contribution in [1.29, 1.82) is 0 Å². The third kappa shape index (κ3) is 3.37. The molecule has 1 saturated heterocycles. The zero-order chi connectivity index (χ0) is 20.7. The average molecular weight is 424 g/mol. The summed E-state index contributed by atoms with van der Waals surface area (Å²) in [5.41, 5.74) is 2.99. The van der Waals surface area contributed by atoms with E-state index >= 15 is 0 Å². The summed E-state index contributed by atoms with van der Waals surface area (Å²) in [7, 11) is 0. The number of thiophene rings is 1. The van der Waals surface area contributed by atoms with E-state index in [-0.39, 0.29) is 11.3 Å². The molecule has 2 aromatic carbocycles. The number of amides is 1. The van der Waals surface area contributed by atoms with Gasteiger partial charge in [0.15, 0.2) is 0 Å². The van der Waals surface area contributed by atoms with Crippen LogP contribution in [0.25, 0.3) is 5.76 Å². The van der Waals surface area contributed by atoms with Crippen LogP contribution in [0, 0.1) is 13.8 Å². The molecule has 1 fully saturated rings. The van der Waals surface area contributed by atoms with Crippen LogP contribution in [0.5, 0.6) is 0 Å². The summed E-state index contributed by atoms with van der Waals surface area (Å²) < 4.78 is 0. The summed E-state index contributed by atoms with van der Waals surface area (Å²) in [4.78, 5) is 28.3. The number of halogens is 1. The zero-order valence-electron chi connectivity index (χ0n) is 15.8. The molecule has 1 atom stereocenters. The highest BCUT2D eigenvalue weighted by Crippen LogP contribution is 2.44. The number of Topliss-reactive ketones (excluding diaryl/α,β-unsaturated/α-hetero) is 1. The highest BCUT2D eigenvalue weighted by atomic mass is 35.5. The predicted octanol–water partition coefficient (Wildman–Crippen LogP) is 5.64. The van der Waals surface area contributed by atoms with Crippen molar-refractivity contribution >= 4 is 46.1 Å². The predicted molar refractivity (Wildman–Crippen MR) is 116 cm³/mol. The van der Waals surface area contributed by atoms with Gasteiger partial charge in [0.1, 0.15) is 11.8 Å². The summed E-state index contributed by atoms with van der Waals surface area (Å²) in [6.45, 7) is 3.78. The second-order valence-corrected chi connectivity index (χ2v) is 8.40. The van der Waals surface area contributed by atoms with Crippen LogP contribution in [0.4, 0.5) is 5.69 Å². The van der Waals surface area contributed by atoms with Crippen molar-refractivity contribution in [3.63, 3.8) is 0 Å². The molecule has 1 amide bonds. The highest BCUT2D eigenvalue weighted by molar-refractivity contribution is 7.10. The molecular formula is C23H18ClNO3S. The van der Waals surface area contributed by atoms with E-state index < -0.39 is 17.7 Å². The van der Waals surface area contributed by atoms with Crippen LogP contribution in [0.15, 0.2) is 65.6 Å². The van der Waals surface area contributed by atoms with Gasteiger partial charge in [0.25, 0.3) is 11.7 Å². The summed E-state index contributed by atoms with van der Waals surface area (Å²) >= 11 is 7.43. The minimum atomic E-state index is -0.698. The SMILES string of the molecule is Cc1ccc(C)c(/C(O)=C2/C(=O)C(=O)N(c3ccc(Cl)cc3)C2c2cccs2)c1. The van der Waals surface area contributed by atoms with Gasteiger partial charge in [-0.25, -0.2) is 0 Å². The van der Waals surface area contributed by atoms with Crippen LogP contribution < -0.4 is 4.90 Å². The van der Waals surface area contributed by atoms with E-state index in [0.29, 0.717) is 16.3 Å². The Morgan fingerprint density at radius 3 is 2.45 bits per heavy atom. The van der Waals surface area contributed by atoms with Gasteiger partial charge in [-0.15, -0.1) is 11.3 Å². The number of hydrogen-bond acceptors (Lipinski definition) is 4. The molecule has 2 heterocycles. The number of carbonyl (C=O) groups is 2. The van der Waals surface area contributed by atoms with E-state index in [2.05, 4.69) is 0 Å². The number of rotatable bonds is 3. The van der Waals surface area contributed by atoms with Gasteiger partial charge in [-0.3, -0.25) is 14.5 Å². The first-order valence-corrected chi connectivity index (χ1v) is 10.3. The molecule has 1 aromatic heterocycles. The summed E-state index contributed by atoms with van der Waals surface area (Å²) in [6.07, 6.45) is 0. The van der Waals surface area contributed by atoms with Gasteiger partial charge in [0, 0.05) is 21.2 Å². The third-order valence-corrected chi connectivity index (χ3v) is 6.19. The van der Waals surface area contributed by atoms with Crippen molar-refractivity contribution in [1.82, 2.24) is 0 Å². The maximum atomic E-state index is 13.0. The molecule has 3 aromatic rings. The van der Waals surface area contributed by atoms with Crippen molar-refractivity contribution in [3.05, 3.63) is 92.1 Å². The van der Waals surface area contributed by atoms with Crippen molar-refractivity contribution in [3.8, 4) is 0 Å². The summed E-state index contributed by atoms with van der Waals surface area (Å²) in [5, 5.41) is 13.6. The lowest BCUT2D eigenvalue weighted by Gasteiger charge is -2.24. The van der Waals surface area contributed by atoms with Crippen molar-refractivity contribution < 1.29 is 14.7 Å². The Kier molecular flexibility index (Phi) is 5.03. The molecule has 29 heavy (non-hydrogen) atoms. The van der Waals surface area contributed by atoms with Crippen LogP contribution in [-0.2, 0) is 9.59 Å². The smallest absolute Gasteiger partial charge is 0.300 e. The zero-order valence-corrected chi connectivity index (χ0v) is 17.4. The van der Waals surface area contributed by atoms with Crippen molar-refractivity contribution in [2.75, 3.05) is 4.90 Å². The number of hydrogen-bond donors (Lipinski definition) is 1. The maximum Gasteiger partial charge on any atom is 0.300 e. The van der Waals surface area contributed by atoms with Gasteiger partial charge >= 0.3 is 0 Å². The lowest BCUT2D eigenvalue weighted by Crippen LogP contribution is -2.29. The normalized spacial score (nSPS) is 18.4. The van der Waals surface area contributed by atoms with E-state index in [4.69, 9.17) is 11.6 Å². The number of anilines is 1. The molecule has 0 saturated carbocycles. The number of benzene rings is 2. The Balaban J connectivity index is 1.95. The molecule has 0 aliphatic carbocycles. The summed E-state index contributed by atoms with van der Waals surface area (Å²) in [5.74, 6) is -1.52. The molecule has 0 radical (unpaired) electrons. The fourth-order valence-corrected chi connectivity index (χ4v) is 4.50. The van der Waals surface area contributed by atoms with Gasteiger partial charge in [-0.2, -0.15) is 0 Å². The van der Waals surface area contributed by atoms with Crippen LogP contribution in [-0.4, -0.2) is 16.8 Å². The van der Waals surface area contributed by atoms with Crippen LogP contribution in [0.3, 0.4) is 0 Å². The van der Waals surface area contributed by atoms with Crippen molar-refractivity contribution in [2.45, 2.75) is 19.9 Å². The number of ketones is 1. The minimum absolute atomic E-state index is 0.0982. The standard InChI is InChI=1S/C23H18ClNO3S/c1-13-5-6-14(2)17(12-13)21(26)19-20(18-4-3-11-29-18)25(23(28)22(19)27)16-9-7-15(24)8-10-16/h3-12,20,26H,1-2H3/b21-19-. The first kappa shape index (κ1) is 19.4. The highest BCUT2D eigenvalue weighted by Gasteiger charge is 2.47. The van der Waals surface area contributed by atoms with E-state index in [0.717, 1.165) is 16.0 Å². The lowest BCUT2D eigenvalue weighted by atomic mass is 9.96. The lowest BCUT2D eigenvalue weighted by molar-refractivity contribution is -0.132. The van der Waals surface area contributed by atoms with E-state index in [1.54, 1.807) is 24.3 Å². The molecule has 6 heteroatoms. The molecule has 146 valence electrons. The molecule has 1 aliphatic rings. The van der Waals surface area contributed by atoms with E-state index in [1.165, 1.54) is 16.2 Å². The fourth-order valence-electron chi connectivity index (χ4n) is 3.55. The van der Waals surface area contributed by atoms with Gasteiger partial charge in [-0.05, 0) is 61.2 Å². The first-order chi connectivity index (χ1) is 13.9. The number of aryl methyl sites for hydroxylation is 2. The number of carbonyl (C=O) groups excluding carboxylic acids is 2. The largest absolute Gasteiger partial charge is 0.507 e. The Bertz CT molecular complexity index is 1130.